The Balaban J connectivity index is 1.93. The third kappa shape index (κ3) is 3.18. The molecule has 2 heterocycles. The van der Waals surface area contributed by atoms with E-state index in [1.54, 1.807) is 0 Å². The van der Waals surface area contributed by atoms with Gasteiger partial charge in [0.05, 0.1) is 31.3 Å². The second-order valence-corrected chi connectivity index (χ2v) is 4.91. The molecule has 2 fully saturated rings. The lowest BCUT2D eigenvalue weighted by Gasteiger charge is -2.38. The minimum absolute atomic E-state index is 0.00522. The maximum absolute atomic E-state index is 12.3. The SMILES string of the molecule is CC1CN(C(=O)C2CCCOC2)CC(CO)O1. The summed E-state index contributed by atoms with van der Waals surface area (Å²) < 4.78 is 10.9. The van der Waals surface area contributed by atoms with E-state index in [0.29, 0.717) is 19.7 Å². The summed E-state index contributed by atoms with van der Waals surface area (Å²) in [4.78, 5) is 14.1. The fourth-order valence-corrected chi connectivity index (χ4v) is 2.52. The average Bonchev–Trinajstić information content (AvgIpc) is 2.38. The van der Waals surface area contributed by atoms with Crippen LogP contribution < -0.4 is 0 Å². The van der Waals surface area contributed by atoms with Crippen molar-refractivity contribution in [2.45, 2.75) is 32.0 Å². The average molecular weight is 243 g/mol. The Morgan fingerprint density at radius 1 is 1.47 bits per heavy atom. The summed E-state index contributed by atoms with van der Waals surface area (Å²) in [7, 11) is 0. The zero-order chi connectivity index (χ0) is 12.3. The van der Waals surface area contributed by atoms with Gasteiger partial charge in [-0.05, 0) is 19.8 Å². The smallest absolute Gasteiger partial charge is 0.228 e. The fraction of sp³-hybridized carbons (Fsp3) is 0.917. The summed E-state index contributed by atoms with van der Waals surface area (Å²) in [5.41, 5.74) is 0. The number of ether oxygens (including phenoxy) is 2. The van der Waals surface area contributed by atoms with E-state index >= 15 is 0 Å². The Hall–Kier alpha value is -0.650. The first-order chi connectivity index (χ1) is 8.20. The van der Waals surface area contributed by atoms with Crippen molar-refractivity contribution in [3.05, 3.63) is 0 Å². The van der Waals surface area contributed by atoms with Crippen molar-refractivity contribution >= 4 is 5.91 Å². The van der Waals surface area contributed by atoms with Gasteiger partial charge in [-0.3, -0.25) is 4.79 Å². The molecule has 0 aromatic heterocycles. The topological polar surface area (TPSA) is 59.0 Å². The number of carbonyl (C=O) groups excluding carboxylic acids is 1. The third-order valence-electron chi connectivity index (χ3n) is 3.35. The molecule has 17 heavy (non-hydrogen) atoms. The maximum atomic E-state index is 12.3. The number of hydrogen-bond donors (Lipinski definition) is 1. The lowest BCUT2D eigenvalue weighted by atomic mass is 10.00. The van der Waals surface area contributed by atoms with Crippen LogP contribution in [0.3, 0.4) is 0 Å². The summed E-state index contributed by atoms with van der Waals surface area (Å²) >= 11 is 0. The molecule has 1 N–H and O–H groups in total. The van der Waals surface area contributed by atoms with E-state index in [-0.39, 0.29) is 30.6 Å². The van der Waals surface area contributed by atoms with Crippen LogP contribution in [0.4, 0.5) is 0 Å². The van der Waals surface area contributed by atoms with Crippen molar-refractivity contribution in [1.82, 2.24) is 4.90 Å². The molecule has 3 atom stereocenters. The monoisotopic (exact) mass is 243 g/mol. The molecule has 0 aromatic rings. The predicted octanol–water partition coefficient (Wildman–Crippen LogP) is 0.0212. The minimum atomic E-state index is -0.243. The second kappa shape index (κ2) is 5.80. The molecule has 2 saturated heterocycles. The van der Waals surface area contributed by atoms with Crippen molar-refractivity contribution in [1.29, 1.82) is 0 Å². The molecule has 2 aliphatic rings. The highest BCUT2D eigenvalue weighted by molar-refractivity contribution is 5.79. The largest absolute Gasteiger partial charge is 0.394 e. The van der Waals surface area contributed by atoms with Gasteiger partial charge in [0.2, 0.25) is 5.91 Å². The highest BCUT2D eigenvalue weighted by atomic mass is 16.5. The van der Waals surface area contributed by atoms with Gasteiger partial charge in [0, 0.05) is 19.7 Å². The molecular formula is C12H21NO4. The van der Waals surface area contributed by atoms with E-state index in [0.717, 1.165) is 19.4 Å². The number of amides is 1. The van der Waals surface area contributed by atoms with Gasteiger partial charge >= 0.3 is 0 Å². The first kappa shape index (κ1) is 12.8. The summed E-state index contributed by atoms with van der Waals surface area (Å²) in [5, 5.41) is 9.13. The van der Waals surface area contributed by atoms with Crippen LogP contribution in [0.2, 0.25) is 0 Å². The molecule has 0 spiro atoms. The quantitative estimate of drug-likeness (QED) is 0.743. The van der Waals surface area contributed by atoms with Crippen LogP contribution in [0, 0.1) is 5.92 Å². The van der Waals surface area contributed by atoms with Gasteiger partial charge in [-0.25, -0.2) is 0 Å². The zero-order valence-corrected chi connectivity index (χ0v) is 10.3. The molecule has 0 radical (unpaired) electrons. The minimum Gasteiger partial charge on any atom is -0.394 e. The van der Waals surface area contributed by atoms with Gasteiger partial charge in [0.15, 0.2) is 0 Å². The normalized spacial score (nSPS) is 34.7. The Labute approximate surface area is 102 Å². The van der Waals surface area contributed by atoms with Gasteiger partial charge in [-0.1, -0.05) is 0 Å². The predicted molar refractivity (Wildman–Crippen MR) is 61.5 cm³/mol. The van der Waals surface area contributed by atoms with Crippen LogP contribution in [0.25, 0.3) is 0 Å². The first-order valence-corrected chi connectivity index (χ1v) is 6.33. The van der Waals surface area contributed by atoms with Crippen LogP contribution >= 0.6 is 0 Å². The fourth-order valence-electron chi connectivity index (χ4n) is 2.52. The summed E-state index contributed by atoms with van der Waals surface area (Å²) in [5.74, 6) is 0.145. The Morgan fingerprint density at radius 3 is 2.94 bits per heavy atom. The van der Waals surface area contributed by atoms with Gasteiger partial charge < -0.3 is 19.5 Å². The van der Waals surface area contributed by atoms with Crippen molar-refractivity contribution in [3.63, 3.8) is 0 Å². The van der Waals surface area contributed by atoms with Crippen molar-refractivity contribution < 1.29 is 19.4 Å². The summed E-state index contributed by atoms with van der Waals surface area (Å²) in [6, 6.07) is 0. The molecule has 2 rings (SSSR count). The molecule has 1 amide bonds. The van der Waals surface area contributed by atoms with E-state index in [2.05, 4.69) is 0 Å². The van der Waals surface area contributed by atoms with Crippen molar-refractivity contribution in [2.75, 3.05) is 32.9 Å². The van der Waals surface area contributed by atoms with E-state index in [1.165, 1.54) is 0 Å². The molecule has 0 saturated carbocycles. The third-order valence-corrected chi connectivity index (χ3v) is 3.35. The molecule has 0 bridgehead atoms. The number of carbonyl (C=O) groups is 1. The number of aliphatic hydroxyl groups is 1. The molecule has 2 aliphatic heterocycles. The number of aliphatic hydroxyl groups excluding tert-OH is 1. The zero-order valence-electron chi connectivity index (χ0n) is 10.3. The van der Waals surface area contributed by atoms with Crippen LogP contribution in [-0.2, 0) is 14.3 Å². The number of hydrogen-bond acceptors (Lipinski definition) is 4. The number of rotatable bonds is 2. The van der Waals surface area contributed by atoms with Gasteiger partial charge in [-0.2, -0.15) is 0 Å². The lowest BCUT2D eigenvalue weighted by Crippen LogP contribution is -2.52. The Bertz CT molecular complexity index is 265. The molecular weight excluding hydrogens is 222 g/mol. The molecule has 98 valence electrons. The molecule has 3 unspecified atom stereocenters. The summed E-state index contributed by atoms with van der Waals surface area (Å²) in [6.07, 6.45) is 1.62. The Morgan fingerprint density at radius 2 is 2.29 bits per heavy atom. The van der Waals surface area contributed by atoms with Gasteiger partial charge in [-0.15, -0.1) is 0 Å². The maximum Gasteiger partial charge on any atom is 0.228 e. The van der Waals surface area contributed by atoms with Crippen LogP contribution in [-0.4, -0.2) is 61.0 Å². The van der Waals surface area contributed by atoms with E-state index in [4.69, 9.17) is 14.6 Å². The number of morpholine rings is 1. The van der Waals surface area contributed by atoms with Crippen LogP contribution in [0.1, 0.15) is 19.8 Å². The molecule has 0 aliphatic carbocycles. The standard InChI is InChI=1S/C12H21NO4/c1-9-5-13(6-11(7-14)17-9)12(15)10-3-2-4-16-8-10/h9-11,14H,2-8H2,1H3. The molecule has 5 heteroatoms. The number of nitrogens with zero attached hydrogens (tertiary/aromatic N) is 1. The lowest BCUT2D eigenvalue weighted by molar-refractivity contribution is -0.154. The van der Waals surface area contributed by atoms with Gasteiger partial charge in [0.25, 0.3) is 0 Å². The molecule has 0 aromatic carbocycles. The van der Waals surface area contributed by atoms with Crippen molar-refractivity contribution in [3.8, 4) is 0 Å². The molecule has 5 nitrogen and oxygen atoms in total. The van der Waals surface area contributed by atoms with Crippen LogP contribution in [0.15, 0.2) is 0 Å². The van der Waals surface area contributed by atoms with E-state index in [9.17, 15) is 4.79 Å². The van der Waals surface area contributed by atoms with Gasteiger partial charge in [0.1, 0.15) is 0 Å². The van der Waals surface area contributed by atoms with Crippen molar-refractivity contribution in [2.24, 2.45) is 5.92 Å². The Kier molecular flexibility index (Phi) is 4.36. The van der Waals surface area contributed by atoms with E-state index in [1.807, 2.05) is 11.8 Å². The van der Waals surface area contributed by atoms with Crippen LogP contribution in [0.5, 0.6) is 0 Å². The highest BCUT2D eigenvalue weighted by Crippen LogP contribution is 2.19. The first-order valence-electron chi connectivity index (χ1n) is 6.33. The summed E-state index contributed by atoms with van der Waals surface area (Å²) in [6.45, 7) is 4.31. The van der Waals surface area contributed by atoms with E-state index < -0.39 is 0 Å². The highest BCUT2D eigenvalue weighted by Gasteiger charge is 2.32. The second-order valence-electron chi connectivity index (χ2n) is 4.91.